The van der Waals surface area contributed by atoms with Crippen molar-refractivity contribution in [1.29, 1.82) is 0 Å². The van der Waals surface area contributed by atoms with Crippen molar-refractivity contribution in [2.24, 2.45) is 5.92 Å². The van der Waals surface area contributed by atoms with Gasteiger partial charge >= 0.3 is 0 Å². The van der Waals surface area contributed by atoms with Crippen molar-refractivity contribution in [3.63, 3.8) is 0 Å². The minimum absolute atomic E-state index is 0.444. The predicted molar refractivity (Wildman–Crippen MR) is 40.5 cm³/mol. The molecule has 0 aromatic rings. The summed E-state index contributed by atoms with van der Waals surface area (Å²) in [4.78, 5) is 0. The van der Waals surface area contributed by atoms with E-state index in [0.29, 0.717) is 5.54 Å². The smallest absolute Gasteiger partial charge is 0.0193 e. The second kappa shape index (κ2) is 1.98. The van der Waals surface area contributed by atoms with Gasteiger partial charge in [0.15, 0.2) is 0 Å². The second-order valence-electron chi connectivity index (χ2n) is 3.82. The average molecular weight is 127 g/mol. The molecule has 0 spiro atoms. The Morgan fingerprint density at radius 2 is 2.00 bits per heavy atom. The molecule has 0 aromatic carbocycles. The quantitative estimate of drug-likeness (QED) is 0.566. The fraction of sp³-hybridized carbons (Fsp3) is 1.00. The van der Waals surface area contributed by atoms with E-state index in [4.69, 9.17) is 0 Å². The van der Waals surface area contributed by atoms with Gasteiger partial charge in [0, 0.05) is 11.6 Å². The molecule has 2 atom stereocenters. The molecular weight excluding hydrogens is 110 g/mol. The largest absolute Gasteiger partial charge is 0.309 e. The number of hydrogen-bond donors (Lipinski definition) is 1. The van der Waals surface area contributed by atoms with Crippen molar-refractivity contribution >= 4 is 0 Å². The highest BCUT2D eigenvalue weighted by Crippen LogP contribution is 2.30. The lowest BCUT2D eigenvalue weighted by Gasteiger charge is -2.48. The minimum Gasteiger partial charge on any atom is -0.309 e. The highest BCUT2D eigenvalue weighted by atomic mass is 15.1. The average Bonchev–Trinajstić information content (AvgIpc) is 1.62. The van der Waals surface area contributed by atoms with Crippen LogP contribution in [0.5, 0.6) is 0 Å². The number of nitrogens with one attached hydrogen (secondary N) is 1. The summed E-state index contributed by atoms with van der Waals surface area (Å²) < 4.78 is 0. The molecule has 1 saturated heterocycles. The van der Waals surface area contributed by atoms with Crippen LogP contribution < -0.4 is 5.32 Å². The Hall–Kier alpha value is -0.0400. The molecule has 1 N–H and O–H groups in total. The molecule has 1 rings (SSSR count). The summed E-state index contributed by atoms with van der Waals surface area (Å²) in [5, 5.41) is 3.52. The predicted octanol–water partition coefficient (Wildman–Crippen LogP) is 1.78. The van der Waals surface area contributed by atoms with Crippen molar-refractivity contribution in [1.82, 2.24) is 5.32 Å². The normalized spacial score (nSPS) is 43.0. The third-order valence-electron chi connectivity index (χ3n) is 2.58. The van der Waals surface area contributed by atoms with Crippen LogP contribution in [-0.4, -0.2) is 11.6 Å². The third kappa shape index (κ3) is 1.11. The highest BCUT2D eigenvalue weighted by Gasteiger charge is 2.38. The Kier molecular flexibility index (Phi) is 1.55. The van der Waals surface area contributed by atoms with Gasteiger partial charge in [-0.15, -0.1) is 0 Å². The molecule has 0 radical (unpaired) electrons. The van der Waals surface area contributed by atoms with Crippen LogP contribution in [0.2, 0.25) is 0 Å². The van der Waals surface area contributed by atoms with Gasteiger partial charge < -0.3 is 5.32 Å². The van der Waals surface area contributed by atoms with Crippen molar-refractivity contribution in [3.05, 3.63) is 0 Å². The van der Waals surface area contributed by atoms with Gasteiger partial charge in [0.05, 0.1) is 0 Å². The van der Waals surface area contributed by atoms with Crippen LogP contribution in [0.3, 0.4) is 0 Å². The summed E-state index contributed by atoms with van der Waals surface area (Å²) in [6.45, 7) is 9.10. The maximum absolute atomic E-state index is 3.52. The summed E-state index contributed by atoms with van der Waals surface area (Å²) in [7, 11) is 0. The molecule has 0 aliphatic carbocycles. The Morgan fingerprint density at radius 1 is 1.56 bits per heavy atom. The van der Waals surface area contributed by atoms with Crippen LogP contribution in [0.25, 0.3) is 0 Å². The molecule has 1 nitrogen and oxygen atoms in total. The Morgan fingerprint density at radius 3 is 2.11 bits per heavy atom. The van der Waals surface area contributed by atoms with Gasteiger partial charge in [-0.3, -0.25) is 0 Å². The maximum atomic E-state index is 3.52. The van der Waals surface area contributed by atoms with E-state index in [2.05, 4.69) is 33.0 Å². The fourth-order valence-electron chi connectivity index (χ4n) is 1.58. The minimum atomic E-state index is 0.444. The molecule has 0 saturated carbocycles. The van der Waals surface area contributed by atoms with Crippen LogP contribution in [0.15, 0.2) is 0 Å². The molecule has 0 aromatic heterocycles. The topological polar surface area (TPSA) is 12.0 Å². The van der Waals surface area contributed by atoms with Crippen LogP contribution in [0, 0.1) is 5.92 Å². The van der Waals surface area contributed by atoms with Crippen LogP contribution in [-0.2, 0) is 0 Å². The molecular formula is C8H17N. The van der Waals surface area contributed by atoms with Crippen LogP contribution in [0.4, 0.5) is 0 Å². The van der Waals surface area contributed by atoms with E-state index in [1.54, 1.807) is 0 Å². The van der Waals surface area contributed by atoms with Crippen molar-refractivity contribution in [3.8, 4) is 0 Å². The zero-order valence-electron chi connectivity index (χ0n) is 6.86. The van der Waals surface area contributed by atoms with E-state index in [0.717, 1.165) is 12.0 Å². The summed E-state index contributed by atoms with van der Waals surface area (Å²) in [5.74, 6) is 0.772. The van der Waals surface area contributed by atoms with Crippen LogP contribution in [0.1, 0.15) is 34.1 Å². The van der Waals surface area contributed by atoms with Gasteiger partial charge in [-0.2, -0.15) is 0 Å². The zero-order chi connectivity index (χ0) is 7.07. The standard InChI is InChI=1S/C8H17N/c1-6(2)8(4)5-7(3)9-8/h6-7,9H,5H2,1-4H3. The van der Waals surface area contributed by atoms with Gasteiger partial charge in [-0.25, -0.2) is 0 Å². The molecule has 1 fully saturated rings. The second-order valence-corrected chi connectivity index (χ2v) is 3.82. The van der Waals surface area contributed by atoms with E-state index >= 15 is 0 Å². The summed E-state index contributed by atoms with van der Waals surface area (Å²) in [6, 6.07) is 0.748. The molecule has 1 heterocycles. The maximum Gasteiger partial charge on any atom is 0.0193 e. The lowest BCUT2D eigenvalue weighted by molar-refractivity contribution is 0.112. The molecule has 0 amide bonds. The molecule has 1 heteroatoms. The fourth-order valence-corrected chi connectivity index (χ4v) is 1.58. The number of rotatable bonds is 1. The molecule has 1 aliphatic rings. The molecule has 2 unspecified atom stereocenters. The first-order valence-corrected chi connectivity index (χ1v) is 3.82. The van der Waals surface area contributed by atoms with Gasteiger partial charge in [0.1, 0.15) is 0 Å². The summed E-state index contributed by atoms with van der Waals surface area (Å²) >= 11 is 0. The van der Waals surface area contributed by atoms with Crippen molar-refractivity contribution < 1.29 is 0 Å². The molecule has 9 heavy (non-hydrogen) atoms. The van der Waals surface area contributed by atoms with E-state index in [-0.39, 0.29) is 0 Å². The first kappa shape index (κ1) is 7.07. The molecule has 1 aliphatic heterocycles. The van der Waals surface area contributed by atoms with Crippen molar-refractivity contribution in [2.75, 3.05) is 0 Å². The van der Waals surface area contributed by atoms with Gasteiger partial charge in [0.25, 0.3) is 0 Å². The van der Waals surface area contributed by atoms with Gasteiger partial charge in [-0.1, -0.05) is 13.8 Å². The monoisotopic (exact) mass is 127 g/mol. The molecule has 54 valence electrons. The first-order chi connectivity index (χ1) is 4.04. The van der Waals surface area contributed by atoms with Crippen molar-refractivity contribution in [2.45, 2.75) is 45.7 Å². The third-order valence-corrected chi connectivity index (χ3v) is 2.58. The Labute approximate surface area is 57.8 Å². The highest BCUT2D eigenvalue weighted by molar-refractivity contribution is 4.99. The van der Waals surface area contributed by atoms with E-state index in [1.807, 2.05) is 0 Å². The Bertz CT molecular complexity index is 101. The first-order valence-electron chi connectivity index (χ1n) is 3.82. The summed E-state index contributed by atoms with van der Waals surface area (Å²) in [6.07, 6.45) is 1.34. The zero-order valence-corrected chi connectivity index (χ0v) is 6.86. The van der Waals surface area contributed by atoms with E-state index in [1.165, 1.54) is 6.42 Å². The van der Waals surface area contributed by atoms with E-state index in [9.17, 15) is 0 Å². The lowest BCUT2D eigenvalue weighted by atomic mass is 9.76. The molecule has 0 bridgehead atoms. The Balaban J connectivity index is 2.40. The summed E-state index contributed by atoms with van der Waals surface area (Å²) in [5.41, 5.74) is 0.444. The number of hydrogen-bond acceptors (Lipinski definition) is 1. The van der Waals surface area contributed by atoms with E-state index < -0.39 is 0 Å². The van der Waals surface area contributed by atoms with Gasteiger partial charge in [0.2, 0.25) is 0 Å². The van der Waals surface area contributed by atoms with Gasteiger partial charge in [-0.05, 0) is 26.2 Å². The lowest BCUT2D eigenvalue weighted by Crippen LogP contribution is -2.63. The SMILES string of the molecule is CC1CC(C)(C(C)C)N1. The van der Waals surface area contributed by atoms with Crippen LogP contribution >= 0.6 is 0 Å².